The number of hydrogen-bond donors (Lipinski definition) is 1. The van der Waals surface area contributed by atoms with Crippen LogP contribution in [-0.2, 0) is 15.6 Å². The molecule has 0 aliphatic carbocycles. The summed E-state index contributed by atoms with van der Waals surface area (Å²) in [6.45, 7) is 11.1. The lowest BCUT2D eigenvalue weighted by Gasteiger charge is -2.26. The zero-order valence-corrected chi connectivity index (χ0v) is 14.5. The van der Waals surface area contributed by atoms with Crippen LogP contribution in [0.2, 0.25) is 0 Å². The molecule has 1 heterocycles. The highest BCUT2D eigenvalue weighted by molar-refractivity contribution is 7.84. The van der Waals surface area contributed by atoms with Crippen molar-refractivity contribution in [3.8, 4) is 0 Å². The van der Waals surface area contributed by atoms with E-state index < -0.39 is 16.3 Å². The normalized spacial score (nSPS) is 30.1. The van der Waals surface area contributed by atoms with E-state index in [1.807, 2.05) is 25.7 Å². The average Bonchev–Trinajstić information content (AvgIpc) is 2.58. The van der Waals surface area contributed by atoms with Gasteiger partial charge in [-0.1, -0.05) is 27.7 Å². The first-order valence-electron chi connectivity index (χ1n) is 7.62. The first-order chi connectivity index (χ1) is 9.21. The van der Waals surface area contributed by atoms with E-state index in [2.05, 4.69) is 19.2 Å². The van der Waals surface area contributed by atoms with Crippen molar-refractivity contribution in [1.82, 2.24) is 10.2 Å². The molecule has 118 valence electrons. The van der Waals surface area contributed by atoms with Gasteiger partial charge in [-0.15, -0.1) is 0 Å². The molecule has 0 aromatic heterocycles. The average molecular weight is 302 g/mol. The van der Waals surface area contributed by atoms with Crippen LogP contribution in [0.3, 0.4) is 0 Å². The van der Waals surface area contributed by atoms with Crippen molar-refractivity contribution in [3.63, 3.8) is 0 Å². The number of carbonyl (C=O) groups excluding carboxylic acids is 1. The summed E-state index contributed by atoms with van der Waals surface area (Å²) >= 11 is 0. The Balaban J connectivity index is 2.77. The van der Waals surface area contributed by atoms with E-state index in [4.69, 9.17) is 0 Å². The highest BCUT2D eigenvalue weighted by atomic mass is 32.2. The van der Waals surface area contributed by atoms with Gasteiger partial charge in [0, 0.05) is 28.9 Å². The summed E-state index contributed by atoms with van der Waals surface area (Å²) in [5.74, 6) is 0.736. The lowest BCUT2D eigenvalue weighted by Crippen LogP contribution is -2.44. The second-order valence-electron chi connectivity index (χ2n) is 6.57. The molecule has 1 aliphatic heterocycles. The first-order valence-corrected chi connectivity index (χ1v) is 9.24. The minimum atomic E-state index is -0.823. The maximum atomic E-state index is 12.6. The zero-order chi connectivity index (χ0) is 15.5. The van der Waals surface area contributed by atoms with E-state index in [-0.39, 0.29) is 17.3 Å². The van der Waals surface area contributed by atoms with Gasteiger partial charge in [-0.05, 0) is 32.1 Å². The minimum absolute atomic E-state index is 0.116. The molecule has 0 saturated carbocycles. The van der Waals surface area contributed by atoms with Crippen LogP contribution in [0.15, 0.2) is 0 Å². The molecule has 1 fully saturated rings. The van der Waals surface area contributed by atoms with E-state index in [9.17, 15) is 9.00 Å². The molecule has 4 atom stereocenters. The van der Waals surface area contributed by atoms with Gasteiger partial charge in [-0.3, -0.25) is 14.3 Å². The van der Waals surface area contributed by atoms with E-state index in [1.165, 1.54) is 0 Å². The predicted molar refractivity (Wildman–Crippen MR) is 84.9 cm³/mol. The maximum absolute atomic E-state index is 12.6. The topological polar surface area (TPSA) is 49.4 Å². The summed E-state index contributed by atoms with van der Waals surface area (Å²) in [7, 11) is -0.823. The molecular formula is C15H30N2O2S. The second kappa shape index (κ2) is 7.03. The molecule has 1 saturated heterocycles. The molecule has 1 rings (SSSR count). The van der Waals surface area contributed by atoms with Crippen LogP contribution in [-0.4, -0.2) is 44.8 Å². The van der Waals surface area contributed by atoms with Gasteiger partial charge >= 0.3 is 0 Å². The maximum Gasteiger partial charge on any atom is 0.243 e. The van der Waals surface area contributed by atoms with Crippen LogP contribution >= 0.6 is 0 Å². The number of nitrogens with zero attached hydrogens (tertiary/aromatic N) is 1. The number of nitrogens with one attached hydrogen (secondary N) is 1. The van der Waals surface area contributed by atoms with Gasteiger partial charge in [-0.2, -0.15) is 0 Å². The fourth-order valence-corrected chi connectivity index (χ4v) is 3.03. The molecular weight excluding hydrogens is 272 g/mol. The van der Waals surface area contributed by atoms with Crippen LogP contribution in [0.5, 0.6) is 0 Å². The van der Waals surface area contributed by atoms with Gasteiger partial charge in [-0.25, -0.2) is 0 Å². The Kier molecular flexibility index (Phi) is 6.20. The van der Waals surface area contributed by atoms with E-state index in [0.717, 1.165) is 19.3 Å². The lowest BCUT2D eigenvalue weighted by atomic mass is 9.99. The lowest BCUT2D eigenvalue weighted by molar-refractivity contribution is -0.133. The van der Waals surface area contributed by atoms with Crippen molar-refractivity contribution in [1.29, 1.82) is 0 Å². The predicted octanol–water partition coefficient (Wildman–Crippen LogP) is 2.12. The molecule has 20 heavy (non-hydrogen) atoms. The van der Waals surface area contributed by atoms with Gasteiger partial charge in [0.1, 0.15) is 0 Å². The zero-order valence-electron chi connectivity index (χ0n) is 13.7. The van der Waals surface area contributed by atoms with Crippen LogP contribution < -0.4 is 5.32 Å². The van der Waals surface area contributed by atoms with Crippen molar-refractivity contribution < 1.29 is 9.00 Å². The summed E-state index contributed by atoms with van der Waals surface area (Å²) in [5, 5.41) is 3.64. The third-order valence-corrected chi connectivity index (χ3v) is 5.71. The number of carbonyl (C=O) groups is 1. The van der Waals surface area contributed by atoms with E-state index in [1.54, 1.807) is 6.26 Å². The molecule has 0 bridgehead atoms. The quantitative estimate of drug-likeness (QED) is 0.783. The molecule has 4 nitrogen and oxygen atoms in total. The Labute approximate surface area is 126 Å². The van der Waals surface area contributed by atoms with Crippen molar-refractivity contribution in [2.24, 2.45) is 5.92 Å². The molecule has 5 heteroatoms. The Morgan fingerprint density at radius 3 is 2.45 bits per heavy atom. The monoisotopic (exact) mass is 302 g/mol. The summed E-state index contributed by atoms with van der Waals surface area (Å²) in [4.78, 5) is 14.6. The third-order valence-electron chi connectivity index (χ3n) is 4.34. The van der Waals surface area contributed by atoms with Gasteiger partial charge in [0.25, 0.3) is 0 Å². The molecule has 0 spiro atoms. The highest BCUT2D eigenvalue weighted by Crippen LogP contribution is 2.27. The SMILES string of the molecule is CCC1(C)NC(CC(C)C)N(CCC(C)S(C)=O)C1=O. The molecule has 0 aromatic rings. The van der Waals surface area contributed by atoms with Crippen LogP contribution in [0.25, 0.3) is 0 Å². The number of rotatable bonds is 7. The Hall–Kier alpha value is -0.420. The Morgan fingerprint density at radius 1 is 1.40 bits per heavy atom. The summed E-state index contributed by atoms with van der Waals surface area (Å²) in [5.41, 5.74) is -0.436. The fourth-order valence-electron chi connectivity index (χ4n) is 2.60. The van der Waals surface area contributed by atoms with Gasteiger partial charge in [0.2, 0.25) is 5.91 Å². The molecule has 4 unspecified atom stereocenters. The standard InChI is InChI=1S/C15H30N2O2S/c1-7-15(5)14(18)17(9-8-12(4)20(6)19)13(16-15)10-11(2)3/h11-13,16H,7-10H2,1-6H3. The first kappa shape index (κ1) is 17.6. The summed E-state index contributed by atoms with van der Waals surface area (Å²) in [6.07, 6.45) is 4.41. The molecule has 0 radical (unpaired) electrons. The molecule has 1 N–H and O–H groups in total. The number of hydrogen-bond acceptors (Lipinski definition) is 3. The van der Waals surface area contributed by atoms with E-state index in [0.29, 0.717) is 12.5 Å². The Bertz CT molecular complexity index is 373. The molecule has 1 aliphatic rings. The smallest absolute Gasteiger partial charge is 0.243 e. The van der Waals surface area contributed by atoms with Crippen molar-refractivity contribution in [2.45, 2.75) is 70.8 Å². The largest absolute Gasteiger partial charge is 0.325 e. The fraction of sp³-hybridized carbons (Fsp3) is 0.933. The van der Waals surface area contributed by atoms with Gasteiger partial charge < -0.3 is 4.90 Å². The highest BCUT2D eigenvalue weighted by Gasteiger charge is 2.46. The van der Waals surface area contributed by atoms with E-state index >= 15 is 0 Å². The Morgan fingerprint density at radius 2 is 2.00 bits per heavy atom. The molecule has 1 amide bonds. The third kappa shape index (κ3) is 4.04. The summed E-state index contributed by atoms with van der Waals surface area (Å²) < 4.78 is 11.5. The van der Waals surface area contributed by atoms with Gasteiger partial charge in [0.15, 0.2) is 0 Å². The second-order valence-corrected chi connectivity index (χ2v) is 8.37. The van der Waals surface area contributed by atoms with Crippen LogP contribution in [0, 0.1) is 5.92 Å². The van der Waals surface area contributed by atoms with Crippen molar-refractivity contribution >= 4 is 16.7 Å². The van der Waals surface area contributed by atoms with Crippen LogP contribution in [0.4, 0.5) is 0 Å². The minimum Gasteiger partial charge on any atom is -0.325 e. The molecule has 0 aromatic carbocycles. The van der Waals surface area contributed by atoms with Crippen LogP contribution in [0.1, 0.15) is 53.9 Å². The van der Waals surface area contributed by atoms with Crippen molar-refractivity contribution in [2.75, 3.05) is 12.8 Å². The summed E-state index contributed by atoms with van der Waals surface area (Å²) in [6, 6.07) is 0. The van der Waals surface area contributed by atoms with Crippen molar-refractivity contribution in [3.05, 3.63) is 0 Å². The number of amides is 1. The van der Waals surface area contributed by atoms with Gasteiger partial charge in [0.05, 0.1) is 11.7 Å².